The van der Waals surface area contributed by atoms with E-state index in [1.54, 1.807) is 0 Å². The maximum absolute atomic E-state index is 12.2. The largest absolute Gasteiger partial charge is 0.465 e. The lowest BCUT2D eigenvalue weighted by Gasteiger charge is -2.24. The lowest BCUT2D eigenvalue weighted by atomic mass is 10.00. The molecule has 0 N–H and O–H groups in total. The zero-order valence-corrected chi connectivity index (χ0v) is 34.7. The van der Waals surface area contributed by atoms with Gasteiger partial charge in [-0.2, -0.15) is 0 Å². The Labute approximate surface area is 313 Å². The van der Waals surface area contributed by atoms with Crippen LogP contribution in [0.2, 0.25) is 0 Å². The summed E-state index contributed by atoms with van der Waals surface area (Å²) in [5.74, 6) is 0.273. The van der Waals surface area contributed by atoms with E-state index >= 15 is 0 Å². The Balaban J connectivity index is 3.73. The van der Waals surface area contributed by atoms with Gasteiger partial charge in [-0.15, -0.1) is 0 Å². The zero-order chi connectivity index (χ0) is 36.9. The smallest absolute Gasteiger partial charge is 0.308 e. The molecule has 0 aromatic rings. The van der Waals surface area contributed by atoms with Gasteiger partial charge in [0.15, 0.2) is 0 Å². The quantitative estimate of drug-likeness (QED) is 0.0468. The van der Waals surface area contributed by atoms with Gasteiger partial charge < -0.3 is 19.3 Å². The fraction of sp³-hybridized carbons (Fsp3) is 0.955. The number of unbranched alkanes of at least 4 members (excludes halogenated alkanes) is 20. The third-order valence-electron chi connectivity index (χ3n) is 10.6. The first kappa shape index (κ1) is 48.9. The summed E-state index contributed by atoms with van der Waals surface area (Å²) in [4.78, 5) is 29.4. The summed E-state index contributed by atoms with van der Waals surface area (Å²) in [7, 11) is 4.38. The molecule has 0 aliphatic carbocycles. The molecule has 50 heavy (non-hydrogen) atoms. The Morgan fingerprint density at radius 1 is 0.420 bits per heavy atom. The number of rotatable bonds is 39. The van der Waals surface area contributed by atoms with Crippen molar-refractivity contribution in [2.45, 2.75) is 207 Å². The van der Waals surface area contributed by atoms with Gasteiger partial charge in [-0.1, -0.05) is 156 Å². The van der Waals surface area contributed by atoms with E-state index in [4.69, 9.17) is 9.47 Å². The van der Waals surface area contributed by atoms with Gasteiger partial charge in [0.1, 0.15) is 0 Å². The second kappa shape index (κ2) is 37.6. The van der Waals surface area contributed by atoms with E-state index in [1.165, 1.54) is 135 Å². The lowest BCUT2D eigenvalue weighted by molar-refractivity contribution is -0.150. The van der Waals surface area contributed by atoms with Crippen LogP contribution >= 0.6 is 0 Å². The molecule has 0 rings (SSSR count). The van der Waals surface area contributed by atoms with Crippen molar-refractivity contribution in [1.29, 1.82) is 0 Å². The molecule has 0 aromatic heterocycles. The molecule has 0 aliphatic heterocycles. The highest BCUT2D eigenvalue weighted by Crippen LogP contribution is 2.17. The van der Waals surface area contributed by atoms with Gasteiger partial charge in [-0.05, 0) is 78.6 Å². The fourth-order valence-electron chi connectivity index (χ4n) is 6.84. The normalized spacial score (nSPS) is 12.9. The van der Waals surface area contributed by atoms with Crippen LogP contribution in [0.15, 0.2) is 0 Å². The van der Waals surface area contributed by atoms with Gasteiger partial charge in [0.2, 0.25) is 0 Å². The van der Waals surface area contributed by atoms with Crippen molar-refractivity contribution >= 4 is 11.9 Å². The van der Waals surface area contributed by atoms with Crippen molar-refractivity contribution in [3.63, 3.8) is 0 Å². The maximum Gasteiger partial charge on any atom is 0.308 e. The van der Waals surface area contributed by atoms with Gasteiger partial charge in [-0.25, -0.2) is 0 Å². The Bertz CT molecular complexity index is 677. The number of esters is 2. The fourth-order valence-corrected chi connectivity index (χ4v) is 6.84. The van der Waals surface area contributed by atoms with Crippen LogP contribution in [-0.2, 0) is 19.1 Å². The molecule has 6 heteroatoms. The molecule has 0 aliphatic rings. The number of hydrogen-bond acceptors (Lipinski definition) is 6. The van der Waals surface area contributed by atoms with E-state index in [1.807, 2.05) is 0 Å². The molecule has 0 fully saturated rings. The molecule has 0 aromatic carbocycles. The predicted octanol–water partition coefficient (Wildman–Crippen LogP) is 12.2. The Morgan fingerprint density at radius 3 is 1.04 bits per heavy atom. The highest BCUT2D eigenvalue weighted by Gasteiger charge is 2.18. The third kappa shape index (κ3) is 31.6. The zero-order valence-electron chi connectivity index (χ0n) is 34.7. The second-order valence-electron chi connectivity index (χ2n) is 15.5. The molecule has 0 heterocycles. The average molecular weight is 709 g/mol. The Kier molecular flexibility index (Phi) is 36.8. The van der Waals surface area contributed by atoms with Crippen LogP contribution in [0.5, 0.6) is 0 Å². The van der Waals surface area contributed by atoms with E-state index < -0.39 is 0 Å². The Hall–Kier alpha value is -1.14. The minimum Gasteiger partial charge on any atom is -0.465 e. The van der Waals surface area contributed by atoms with Crippen LogP contribution in [0.25, 0.3) is 0 Å². The van der Waals surface area contributed by atoms with Crippen LogP contribution in [0, 0.1) is 11.8 Å². The molecule has 0 radical (unpaired) electrons. The van der Waals surface area contributed by atoms with Crippen LogP contribution < -0.4 is 0 Å². The summed E-state index contributed by atoms with van der Waals surface area (Å²) in [6.07, 6.45) is 34.2. The summed E-state index contributed by atoms with van der Waals surface area (Å²) in [5, 5.41) is 0. The molecule has 298 valence electrons. The van der Waals surface area contributed by atoms with Gasteiger partial charge in [-0.3, -0.25) is 9.59 Å². The minimum absolute atomic E-state index is 0.0304. The molecule has 0 saturated carbocycles. The summed E-state index contributed by atoms with van der Waals surface area (Å²) in [6.45, 7) is 14.6. The summed E-state index contributed by atoms with van der Waals surface area (Å²) in [6, 6.07) is 0. The predicted molar refractivity (Wildman–Crippen MR) is 216 cm³/mol. The standard InChI is InChI=1S/C44H88N2O4/c1-7-11-33-41(9-3)43(47)49-39-31-27-23-19-15-13-17-21-25-29-35-46(38-37-45(5)6)36-30-26-22-18-14-16-20-24-28-32-40-50-44(48)42(10-4)34-12-8-2/h41-42H,7-40H2,1-6H3. The number of carbonyl (C=O) groups is 2. The molecular formula is C44H88N2O4. The second-order valence-corrected chi connectivity index (χ2v) is 15.5. The molecule has 0 saturated heterocycles. The number of likely N-dealkylation sites (N-methyl/N-ethyl adjacent to an activating group) is 1. The highest BCUT2D eigenvalue weighted by molar-refractivity contribution is 5.72. The van der Waals surface area contributed by atoms with Crippen molar-refractivity contribution in [3.8, 4) is 0 Å². The number of hydrogen-bond donors (Lipinski definition) is 0. The van der Waals surface area contributed by atoms with E-state index in [-0.39, 0.29) is 23.8 Å². The molecule has 6 nitrogen and oxygen atoms in total. The monoisotopic (exact) mass is 709 g/mol. The van der Waals surface area contributed by atoms with Crippen LogP contribution in [0.1, 0.15) is 207 Å². The lowest BCUT2D eigenvalue weighted by Crippen LogP contribution is -2.33. The minimum atomic E-state index is 0.0304. The Morgan fingerprint density at radius 2 is 0.740 bits per heavy atom. The third-order valence-corrected chi connectivity index (χ3v) is 10.6. The molecule has 0 amide bonds. The topological polar surface area (TPSA) is 59.1 Å². The molecule has 0 spiro atoms. The molecular weight excluding hydrogens is 620 g/mol. The van der Waals surface area contributed by atoms with Crippen LogP contribution in [0.4, 0.5) is 0 Å². The average Bonchev–Trinajstić information content (AvgIpc) is 3.11. The van der Waals surface area contributed by atoms with Crippen molar-refractivity contribution in [2.75, 3.05) is 53.5 Å². The first-order valence-electron chi connectivity index (χ1n) is 22.1. The van der Waals surface area contributed by atoms with Gasteiger partial charge in [0.25, 0.3) is 0 Å². The van der Waals surface area contributed by atoms with E-state index in [2.05, 4.69) is 51.6 Å². The van der Waals surface area contributed by atoms with Crippen molar-refractivity contribution in [3.05, 3.63) is 0 Å². The first-order valence-corrected chi connectivity index (χ1v) is 22.1. The summed E-state index contributed by atoms with van der Waals surface area (Å²) in [5.41, 5.74) is 0. The molecule has 2 unspecified atom stereocenters. The first-order chi connectivity index (χ1) is 24.4. The van der Waals surface area contributed by atoms with Gasteiger partial charge >= 0.3 is 11.9 Å². The van der Waals surface area contributed by atoms with Crippen molar-refractivity contribution < 1.29 is 19.1 Å². The van der Waals surface area contributed by atoms with Crippen LogP contribution in [0.3, 0.4) is 0 Å². The SMILES string of the molecule is CCCCC(CC)C(=O)OCCCCCCCCCCCCN(CCCCCCCCCCCCOC(=O)C(CC)CCCC)CCN(C)C. The van der Waals surface area contributed by atoms with Gasteiger partial charge in [0.05, 0.1) is 25.0 Å². The summed E-state index contributed by atoms with van der Waals surface area (Å²) < 4.78 is 11.1. The number of carbonyl (C=O) groups excluding carboxylic acids is 2. The van der Waals surface area contributed by atoms with Crippen molar-refractivity contribution in [1.82, 2.24) is 9.80 Å². The van der Waals surface area contributed by atoms with Crippen LogP contribution in [-0.4, -0.2) is 75.2 Å². The van der Waals surface area contributed by atoms with E-state index in [0.717, 1.165) is 70.8 Å². The van der Waals surface area contributed by atoms with E-state index in [9.17, 15) is 9.59 Å². The maximum atomic E-state index is 12.2. The number of ether oxygens (including phenoxy) is 2. The van der Waals surface area contributed by atoms with Gasteiger partial charge in [0, 0.05) is 13.1 Å². The van der Waals surface area contributed by atoms with Crippen molar-refractivity contribution in [2.24, 2.45) is 11.8 Å². The highest BCUT2D eigenvalue weighted by atomic mass is 16.5. The summed E-state index contributed by atoms with van der Waals surface area (Å²) >= 11 is 0. The van der Waals surface area contributed by atoms with E-state index in [0.29, 0.717) is 13.2 Å². The molecule has 0 bridgehead atoms. The molecule has 2 atom stereocenters. The number of nitrogens with zero attached hydrogens (tertiary/aromatic N) is 2.